The molecule has 2 aromatic rings. The molecule has 0 spiro atoms. The number of carbonyl (C=O) groups is 1. The van der Waals surface area contributed by atoms with Crippen LogP contribution in [0.3, 0.4) is 0 Å². The minimum Gasteiger partial charge on any atom is -0.367 e. The van der Waals surface area contributed by atoms with Crippen molar-refractivity contribution in [2.24, 2.45) is 0 Å². The number of anilines is 1. The van der Waals surface area contributed by atoms with E-state index in [-0.39, 0.29) is 0 Å². The highest BCUT2D eigenvalue weighted by Gasteiger charge is 2.35. The molecule has 0 bridgehead atoms. The van der Waals surface area contributed by atoms with Crippen molar-refractivity contribution in [1.29, 1.82) is 0 Å². The fourth-order valence-electron chi connectivity index (χ4n) is 1.64. The van der Waals surface area contributed by atoms with Gasteiger partial charge in [0, 0.05) is 7.11 Å². The minimum atomic E-state index is -4.66. The first-order valence-corrected chi connectivity index (χ1v) is 5.80. The van der Waals surface area contributed by atoms with Crippen LogP contribution in [0, 0.1) is 0 Å². The second-order valence-electron chi connectivity index (χ2n) is 4.02. The summed E-state index contributed by atoms with van der Waals surface area (Å²) in [5, 5.41) is 7.16. The summed E-state index contributed by atoms with van der Waals surface area (Å²) in [6.07, 6.45) is -5.63. The van der Waals surface area contributed by atoms with Crippen LogP contribution in [0.4, 0.5) is 19.1 Å². The van der Waals surface area contributed by atoms with Crippen LogP contribution in [0.5, 0.6) is 0 Å². The summed E-state index contributed by atoms with van der Waals surface area (Å²) in [5.74, 6) is -2.42. The minimum absolute atomic E-state index is 0.467. The van der Waals surface area contributed by atoms with Gasteiger partial charge in [0.05, 0.1) is 0 Å². The highest BCUT2D eigenvalue weighted by Crippen LogP contribution is 2.26. The molecule has 0 radical (unpaired) electrons. The fourth-order valence-corrected chi connectivity index (χ4v) is 1.64. The number of H-pyrrole nitrogens is 1. The lowest BCUT2D eigenvalue weighted by Gasteiger charge is -2.14. The summed E-state index contributed by atoms with van der Waals surface area (Å²) in [7, 11) is 1.32. The van der Waals surface area contributed by atoms with Gasteiger partial charge in [0.25, 0.3) is 5.91 Å². The smallest absolute Gasteiger partial charge is 0.367 e. The second-order valence-corrected chi connectivity index (χ2v) is 4.02. The Labute approximate surface area is 117 Å². The van der Waals surface area contributed by atoms with E-state index in [2.05, 4.69) is 15.4 Å². The van der Waals surface area contributed by atoms with Gasteiger partial charge >= 0.3 is 6.18 Å². The first-order valence-electron chi connectivity index (χ1n) is 5.80. The number of hydrogen-bond acceptors (Lipinski definition) is 4. The van der Waals surface area contributed by atoms with E-state index in [4.69, 9.17) is 4.74 Å². The van der Waals surface area contributed by atoms with Gasteiger partial charge in [-0.2, -0.15) is 18.2 Å². The Morgan fingerprint density at radius 3 is 2.52 bits per heavy atom. The van der Waals surface area contributed by atoms with Gasteiger partial charge < -0.3 is 4.74 Å². The molecule has 0 fully saturated rings. The fraction of sp³-hybridized carbons (Fsp3) is 0.250. The monoisotopic (exact) mass is 300 g/mol. The van der Waals surface area contributed by atoms with Gasteiger partial charge in [0.15, 0.2) is 6.10 Å². The van der Waals surface area contributed by atoms with Gasteiger partial charge in [-0.15, -0.1) is 5.10 Å². The first-order chi connectivity index (χ1) is 9.91. The molecule has 1 amide bonds. The van der Waals surface area contributed by atoms with Crippen LogP contribution in [0.25, 0.3) is 0 Å². The Bertz CT molecular complexity index is 612. The van der Waals surface area contributed by atoms with Gasteiger partial charge in [-0.3, -0.25) is 15.2 Å². The Balaban J connectivity index is 2.11. The Morgan fingerprint density at radius 1 is 1.33 bits per heavy atom. The maximum absolute atomic E-state index is 12.4. The van der Waals surface area contributed by atoms with E-state index in [0.29, 0.717) is 5.56 Å². The molecule has 0 saturated carbocycles. The molecule has 1 atom stereocenters. The lowest BCUT2D eigenvalue weighted by Crippen LogP contribution is -2.23. The lowest BCUT2D eigenvalue weighted by atomic mass is 10.1. The molecule has 1 aromatic heterocycles. The number of ether oxygens (including phenoxy) is 1. The average molecular weight is 300 g/mol. The van der Waals surface area contributed by atoms with Crippen molar-refractivity contribution in [2.75, 3.05) is 12.4 Å². The predicted molar refractivity (Wildman–Crippen MR) is 66.2 cm³/mol. The molecule has 112 valence electrons. The molecule has 0 aliphatic carbocycles. The standard InChI is InChI=1S/C12H11F3N4O2/c1-21-8(7-5-3-2-4-6-7)9(20)16-11-17-10(18-19-11)12(13,14)15/h2-6,8H,1H3,(H2,16,17,18,19,20)/t8-/m1/s1. The molecule has 2 rings (SSSR count). The summed E-state index contributed by atoms with van der Waals surface area (Å²) in [4.78, 5) is 15.1. The molecule has 21 heavy (non-hydrogen) atoms. The third kappa shape index (κ3) is 3.57. The van der Waals surface area contributed by atoms with E-state index in [1.54, 1.807) is 35.4 Å². The number of benzene rings is 1. The number of nitrogens with one attached hydrogen (secondary N) is 2. The lowest BCUT2D eigenvalue weighted by molar-refractivity contribution is -0.144. The van der Waals surface area contributed by atoms with Gasteiger partial charge in [-0.05, 0) is 5.56 Å². The summed E-state index contributed by atoms with van der Waals surface area (Å²) in [6, 6.07) is 8.51. The number of alkyl halides is 3. The van der Waals surface area contributed by atoms with Crippen molar-refractivity contribution >= 4 is 11.9 Å². The van der Waals surface area contributed by atoms with Crippen LogP contribution < -0.4 is 5.32 Å². The van der Waals surface area contributed by atoms with Crippen molar-refractivity contribution in [3.63, 3.8) is 0 Å². The van der Waals surface area contributed by atoms with Crippen LogP contribution in [-0.2, 0) is 15.7 Å². The van der Waals surface area contributed by atoms with Crippen LogP contribution in [0.2, 0.25) is 0 Å². The second kappa shape index (κ2) is 5.92. The summed E-state index contributed by atoms with van der Waals surface area (Å²) in [5.41, 5.74) is 0.559. The van der Waals surface area contributed by atoms with Gasteiger partial charge in [-0.25, -0.2) is 0 Å². The number of aromatic nitrogens is 3. The van der Waals surface area contributed by atoms with Crippen molar-refractivity contribution < 1.29 is 22.7 Å². The Kier molecular flexibility index (Phi) is 4.22. The summed E-state index contributed by atoms with van der Waals surface area (Å²) < 4.78 is 42.1. The zero-order chi connectivity index (χ0) is 15.5. The van der Waals surface area contributed by atoms with Crippen molar-refractivity contribution in [3.8, 4) is 0 Å². The number of amides is 1. The zero-order valence-electron chi connectivity index (χ0n) is 10.8. The third-order valence-electron chi connectivity index (χ3n) is 2.57. The van der Waals surface area contributed by atoms with Crippen LogP contribution >= 0.6 is 0 Å². The molecular formula is C12H11F3N4O2. The molecule has 0 aliphatic heterocycles. The normalized spacial score (nSPS) is 13.0. The predicted octanol–water partition coefficient (Wildman–Crippen LogP) is 2.15. The zero-order valence-corrected chi connectivity index (χ0v) is 10.8. The number of methoxy groups -OCH3 is 1. The van der Waals surface area contributed by atoms with Gasteiger partial charge in [-0.1, -0.05) is 30.3 Å². The third-order valence-corrected chi connectivity index (χ3v) is 2.57. The highest BCUT2D eigenvalue weighted by molar-refractivity contribution is 5.93. The number of halogens is 3. The molecule has 0 unspecified atom stereocenters. The maximum Gasteiger partial charge on any atom is 0.451 e. The van der Waals surface area contributed by atoms with Gasteiger partial charge in [0.1, 0.15) is 0 Å². The number of rotatable bonds is 4. The van der Waals surface area contributed by atoms with Crippen molar-refractivity contribution in [3.05, 3.63) is 41.7 Å². The molecule has 1 aromatic carbocycles. The van der Waals surface area contributed by atoms with E-state index in [1.807, 2.05) is 0 Å². The number of nitrogens with zero attached hydrogens (tertiary/aromatic N) is 2. The SMILES string of the molecule is CO[C@@H](C(=O)Nc1n[nH]c(C(F)(F)F)n1)c1ccccc1. The Hall–Kier alpha value is -2.42. The van der Waals surface area contributed by atoms with E-state index < -0.39 is 30.0 Å². The van der Waals surface area contributed by atoms with Crippen LogP contribution in [-0.4, -0.2) is 28.2 Å². The number of carbonyl (C=O) groups excluding carboxylic acids is 1. The molecular weight excluding hydrogens is 289 g/mol. The van der Waals surface area contributed by atoms with Crippen LogP contribution in [0.1, 0.15) is 17.5 Å². The topological polar surface area (TPSA) is 79.9 Å². The first kappa shape index (κ1) is 15.0. The molecule has 2 N–H and O–H groups in total. The molecule has 0 saturated heterocycles. The molecule has 6 nitrogen and oxygen atoms in total. The van der Waals surface area contributed by atoms with Crippen LogP contribution in [0.15, 0.2) is 30.3 Å². The van der Waals surface area contributed by atoms with E-state index >= 15 is 0 Å². The van der Waals surface area contributed by atoms with Gasteiger partial charge in [0.2, 0.25) is 11.8 Å². The van der Waals surface area contributed by atoms with E-state index in [0.717, 1.165) is 0 Å². The average Bonchev–Trinajstić information content (AvgIpc) is 2.89. The molecule has 9 heteroatoms. The molecule has 1 heterocycles. The highest BCUT2D eigenvalue weighted by atomic mass is 19.4. The maximum atomic E-state index is 12.4. The summed E-state index contributed by atoms with van der Waals surface area (Å²) in [6.45, 7) is 0. The van der Waals surface area contributed by atoms with Crippen molar-refractivity contribution in [2.45, 2.75) is 12.3 Å². The number of aromatic amines is 1. The quantitative estimate of drug-likeness (QED) is 0.906. The molecule has 0 aliphatic rings. The summed E-state index contributed by atoms with van der Waals surface area (Å²) >= 11 is 0. The Morgan fingerprint density at radius 2 is 2.00 bits per heavy atom. The van der Waals surface area contributed by atoms with E-state index in [1.165, 1.54) is 7.11 Å². The largest absolute Gasteiger partial charge is 0.451 e. The van der Waals surface area contributed by atoms with E-state index in [9.17, 15) is 18.0 Å². The van der Waals surface area contributed by atoms with Crippen molar-refractivity contribution in [1.82, 2.24) is 15.2 Å². The number of hydrogen-bond donors (Lipinski definition) is 2.